The predicted molar refractivity (Wildman–Crippen MR) is 132 cm³/mol. The molecule has 1 N–H and O–H groups in total. The molecule has 2 aromatic carbocycles. The van der Waals surface area contributed by atoms with E-state index in [1.165, 1.54) is 16.7 Å². The Labute approximate surface area is 206 Å². The van der Waals surface area contributed by atoms with Crippen LogP contribution in [0.5, 0.6) is 0 Å². The normalized spacial score (nSPS) is 13.7. The van der Waals surface area contributed by atoms with E-state index in [0.29, 0.717) is 49.6 Å². The number of halogens is 1. The summed E-state index contributed by atoms with van der Waals surface area (Å²) in [6, 6.07) is 19.2. The summed E-state index contributed by atoms with van der Waals surface area (Å²) in [5.74, 6) is -0.847. The summed E-state index contributed by atoms with van der Waals surface area (Å²) in [6.07, 6.45) is 1.43. The number of hydrogen-bond acceptors (Lipinski definition) is 5. The molecule has 0 aliphatic carbocycles. The third-order valence-corrected chi connectivity index (χ3v) is 6.25. The topological polar surface area (TPSA) is 91.9 Å². The van der Waals surface area contributed by atoms with Gasteiger partial charge in [0.25, 0.3) is 5.91 Å². The van der Waals surface area contributed by atoms with E-state index in [1.54, 1.807) is 35.2 Å². The Morgan fingerprint density at radius 2 is 1.64 bits per heavy atom. The van der Waals surface area contributed by atoms with Gasteiger partial charge in [0.15, 0.2) is 5.65 Å². The number of rotatable bonds is 6. The van der Waals surface area contributed by atoms with Crippen molar-refractivity contribution < 1.29 is 14.0 Å². The lowest BCUT2D eigenvalue weighted by Gasteiger charge is -2.36. The summed E-state index contributed by atoms with van der Waals surface area (Å²) < 4.78 is 16.4. The molecule has 10 heteroatoms. The van der Waals surface area contributed by atoms with Gasteiger partial charge >= 0.3 is 5.69 Å². The summed E-state index contributed by atoms with van der Waals surface area (Å²) in [5, 5.41) is 7.07. The minimum atomic E-state index is -0.499. The molecule has 1 saturated heterocycles. The fraction of sp³-hybridized carbons (Fsp3) is 0.231. The maximum Gasteiger partial charge on any atom is 0.350 e. The van der Waals surface area contributed by atoms with Crippen molar-refractivity contribution >= 4 is 23.1 Å². The molecule has 0 radical (unpaired) electrons. The summed E-state index contributed by atoms with van der Waals surface area (Å²) in [7, 11) is 0. The van der Waals surface area contributed by atoms with E-state index in [9.17, 15) is 18.8 Å². The van der Waals surface area contributed by atoms with Crippen LogP contribution in [0.15, 0.2) is 77.7 Å². The highest BCUT2D eigenvalue weighted by atomic mass is 19.1. The minimum absolute atomic E-state index is 0.213. The van der Waals surface area contributed by atoms with Crippen LogP contribution in [-0.2, 0) is 17.9 Å². The van der Waals surface area contributed by atoms with Crippen molar-refractivity contribution in [2.24, 2.45) is 0 Å². The lowest BCUT2D eigenvalue weighted by molar-refractivity contribution is -0.132. The van der Waals surface area contributed by atoms with Gasteiger partial charge in [-0.15, -0.1) is 5.10 Å². The van der Waals surface area contributed by atoms with Crippen molar-refractivity contribution in [1.82, 2.24) is 24.4 Å². The summed E-state index contributed by atoms with van der Waals surface area (Å²) in [6.45, 7) is 1.98. The van der Waals surface area contributed by atoms with Gasteiger partial charge in [-0.1, -0.05) is 42.5 Å². The van der Waals surface area contributed by atoms with Crippen LogP contribution in [0, 0.1) is 5.82 Å². The lowest BCUT2D eigenvalue weighted by Crippen LogP contribution is -2.50. The third kappa shape index (κ3) is 4.83. The van der Waals surface area contributed by atoms with Gasteiger partial charge in [0, 0.05) is 38.9 Å². The molecule has 36 heavy (non-hydrogen) atoms. The maximum absolute atomic E-state index is 14.1. The standard InChI is InChI=1S/C26H25FN6O3/c27-21-8-4-5-9-22(21)30-12-14-31(15-13-30)24(34)18-33-26(36)32-17-20(10-11-23(32)29-33)25(35)28-16-19-6-2-1-3-7-19/h1-11,17H,12-16,18H2,(H,28,35). The van der Waals surface area contributed by atoms with Crippen LogP contribution < -0.4 is 15.9 Å². The number of carbonyl (C=O) groups is 2. The van der Waals surface area contributed by atoms with Gasteiger partial charge in [-0.2, -0.15) is 0 Å². The Hall–Kier alpha value is -4.47. The number of carbonyl (C=O) groups excluding carboxylic acids is 2. The number of hydrogen-bond donors (Lipinski definition) is 1. The zero-order chi connectivity index (χ0) is 25.1. The number of aromatic nitrogens is 3. The van der Waals surface area contributed by atoms with Crippen LogP contribution in [0.2, 0.25) is 0 Å². The molecule has 4 aromatic rings. The number of para-hydroxylation sites is 1. The molecule has 5 rings (SSSR count). The van der Waals surface area contributed by atoms with Crippen LogP contribution >= 0.6 is 0 Å². The predicted octanol–water partition coefficient (Wildman–Crippen LogP) is 1.91. The fourth-order valence-electron chi connectivity index (χ4n) is 4.27. The van der Waals surface area contributed by atoms with E-state index >= 15 is 0 Å². The van der Waals surface area contributed by atoms with Gasteiger partial charge in [0.1, 0.15) is 12.4 Å². The molecule has 1 fully saturated rings. The maximum atomic E-state index is 14.1. The van der Waals surface area contributed by atoms with Gasteiger partial charge in [-0.3, -0.25) is 9.59 Å². The molecule has 1 aliphatic rings. The number of anilines is 1. The number of benzene rings is 2. The van der Waals surface area contributed by atoms with Gasteiger partial charge in [0.05, 0.1) is 11.3 Å². The number of fused-ring (bicyclic) bond motifs is 1. The highest BCUT2D eigenvalue weighted by Gasteiger charge is 2.24. The van der Waals surface area contributed by atoms with E-state index in [-0.39, 0.29) is 24.2 Å². The monoisotopic (exact) mass is 488 g/mol. The second-order valence-electron chi connectivity index (χ2n) is 8.57. The first kappa shape index (κ1) is 23.3. The molecule has 184 valence electrons. The van der Waals surface area contributed by atoms with E-state index in [0.717, 1.165) is 10.2 Å². The van der Waals surface area contributed by atoms with Crippen molar-refractivity contribution in [3.05, 3.63) is 100 Å². The average molecular weight is 489 g/mol. The number of nitrogens with zero attached hydrogens (tertiary/aromatic N) is 5. The van der Waals surface area contributed by atoms with E-state index in [1.807, 2.05) is 35.2 Å². The summed E-state index contributed by atoms with van der Waals surface area (Å²) in [4.78, 5) is 41.9. The molecule has 1 aliphatic heterocycles. The molecule has 0 bridgehead atoms. The van der Waals surface area contributed by atoms with Crippen LogP contribution in [0.3, 0.4) is 0 Å². The third-order valence-electron chi connectivity index (χ3n) is 6.25. The second-order valence-corrected chi connectivity index (χ2v) is 8.57. The highest BCUT2D eigenvalue weighted by molar-refractivity contribution is 5.94. The van der Waals surface area contributed by atoms with Crippen molar-refractivity contribution in [3.63, 3.8) is 0 Å². The average Bonchev–Trinajstić information content (AvgIpc) is 3.22. The summed E-state index contributed by atoms with van der Waals surface area (Å²) >= 11 is 0. The van der Waals surface area contributed by atoms with E-state index < -0.39 is 5.69 Å². The van der Waals surface area contributed by atoms with Crippen molar-refractivity contribution in [3.8, 4) is 0 Å². The molecule has 0 saturated carbocycles. The van der Waals surface area contributed by atoms with Crippen LogP contribution in [0.25, 0.3) is 5.65 Å². The molecular formula is C26H25FN6O3. The molecule has 2 aromatic heterocycles. The number of piperazine rings is 1. The van der Waals surface area contributed by atoms with Gasteiger partial charge < -0.3 is 15.1 Å². The number of amides is 2. The molecular weight excluding hydrogens is 463 g/mol. The Bertz CT molecular complexity index is 1460. The van der Waals surface area contributed by atoms with Crippen molar-refractivity contribution in [2.75, 3.05) is 31.1 Å². The molecule has 0 atom stereocenters. The second kappa shape index (κ2) is 10.0. The van der Waals surface area contributed by atoms with Crippen molar-refractivity contribution in [1.29, 1.82) is 0 Å². The lowest BCUT2D eigenvalue weighted by atomic mass is 10.2. The first-order valence-corrected chi connectivity index (χ1v) is 11.7. The largest absolute Gasteiger partial charge is 0.366 e. The first-order valence-electron chi connectivity index (χ1n) is 11.7. The van der Waals surface area contributed by atoms with Gasteiger partial charge in [-0.25, -0.2) is 18.3 Å². The van der Waals surface area contributed by atoms with E-state index in [4.69, 9.17) is 0 Å². The quantitative estimate of drug-likeness (QED) is 0.448. The highest BCUT2D eigenvalue weighted by Crippen LogP contribution is 2.20. The molecule has 3 heterocycles. The molecule has 0 spiro atoms. The molecule has 9 nitrogen and oxygen atoms in total. The minimum Gasteiger partial charge on any atom is -0.366 e. The van der Waals surface area contributed by atoms with Crippen LogP contribution in [0.1, 0.15) is 15.9 Å². The van der Waals surface area contributed by atoms with Crippen LogP contribution in [0.4, 0.5) is 10.1 Å². The van der Waals surface area contributed by atoms with Crippen molar-refractivity contribution in [2.45, 2.75) is 13.1 Å². The zero-order valence-electron chi connectivity index (χ0n) is 19.5. The zero-order valence-corrected chi connectivity index (χ0v) is 19.5. The molecule has 2 amide bonds. The first-order chi connectivity index (χ1) is 17.5. The smallest absolute Gasteiger partial charge is 0.350 e. The summed E-state index contributed by atoms with van der Waals surface area (Å²) in [5.41, 5.74) is 1.64. The Balaban J connectivity index is 1.23. The Morgan fingerprint density at radius 1 is 0.917 bits per heavy atom. The SMILES string of the molecule is O=C(NCc1ccccc1)c1ccc2nn(CC(=O)N3CCN(c4ccccc4F)CC3)c(=O)n2c1. The number of nitrogens with one attached hydrogen (secondary N) is 1. The van der Waals surface area contributed by atoms with Crippen LogP contribution in [-0.4, -0.2) is 57.1 Å². The Morgan fingerprint density at radius 3 is 2.39 bits per heavy atom. The van der Waals surface area contributed by atoms with Gasteiger partial charge in [0.2, 0.25) is 5.91 Å². The van der Waals surface area contributed by atoms with E-state index in [2.05, 4.69) is 10.4 Å². The fourth-order valence-corrected chi connectivity index (χ4v) is 4.27. The number of pyridine rings is 1. The molecule has 0 unspecified atom stereocenters. The van der Waals surface area contributed by atoms with Gasteiger partial charge in [-0.05, 0) is 29.8 Å². The Kier molecular flexibility index (Phi) is 6.48.